The van der Waals surface area contributed by atoms with Crippen LogP contribution in [-0.4, -0.2) is 22.5 Å². The highest BCUT2D eigenvalue weighted by Gasteiger charge is 2.08. The second kappa shape index (κ2) is 6.23. The van der Waals surface area contributed by atoms with Crippen molar-refractivity contribution in [1.82, 2.24) is 4.98 Å². The molecule has 0 radical (unpaired) electrons. The summed E-state index contributed by atoms with van der Waals surface area (Å²) in [6.45, 7) is 2.26. The highest BCUT2D eigenvalue weighted by molar-refractivity contribution is 7.98. The van der Waals surface area contributed by atoms with E-state index >= 15 is 0 Å². The van der Waals surface area contributed by atoms with Gasteiger partial charge in [0, 0.05) is 6.61 Å². The molecule has 0 spiro atoms. The molecule has 0 bridgehead atoms. The van der Waals surface area contributed by atoms with Crippen LogP contribution >= 0.6 is 23.1 Å². The Morgan fingerprint density at radius 2 is 2.47 bits per heavy atom. The largest absolute Gasteiger partial charge is 0.439 e. The van der Waals surface area contributed by atoms with Crippen LogP contribution in [0.15, 0.2) is 28.1 Å². The van der Waals surface area contributed by atoms with E-state index in [9.17, 15) is 0 Å². The molecule has 2 rings (SSSR count). The summed E-state index contributed by atoms with van der Waals surface area (Å²) in [5, 5.41) is 10.9. The third kappa shape index (κ3) is 3.59. The number of nitrogens with zero attached hydrogens (tertiary/aromatic N) is 1. The second-order valence-corrected chi connectivity index (χ2v) is 5.88. The molecule has 1 atom stereocenters. The minimum atomic E-state index is 0.235. The molecular weight excluding hydrogens is 254 g/mol. The van der Waals surface area contributed by atoms with E-state index in [4.69, 9.17) is 9.52 Å². The second-order valence-electron chi connectivity index (χ2n) is 3.90. The molecule has 0 aromatic carbocycles. The molecule has 3 nitrogen and oxygen atoms in total. The lowest BCUT2D eigenvalue weighted by atomic mass is 10.2. The average Bonchev–Trinajstić information content (AvgIpc) is 2.98. The molecule has 2 aromatic rings. The third-order valence-corrected chi connectivity index (χ3v) is 4.40. The van der Waals surface area contributed by atoms with E-state index in [1.807, 2.05) is 24.4 Å². The molecule has 0 aliphatic heterocycles. The van der Waals surface area contributed by atoms with Crippen LogP contribution in [0.3, 0.4) is 0 Å². The first-order chi connectivity index (χ1) is 8.29. The maximum absolute atomic E-state index is 8.91. The van der Waals surface area contributed by atoms with Gasteiger partial charge >= 0.3 is 0 Å². The SMILES string of the molecule is CC(CO)CSCc1ncc(-c2cccs2)o1. The highest BCUT2D eigenvalue weighted by Crippen LogP contribution is 2.26. The molecule has 17 heavy (non-hydrogen) atoms. The smallest absolute Gasteiger partial charge is 0.204 e. The van der Waals surface area contributed by atoms with Crippen molar-refractivity contribution in [2.45, 2.75) is 12.7 Å². The first kappa shape index (κ1) is 12.7. The summed E-state index contributed by atoms with van der Waals surface area (Å²) >= 11 is 3.38. The zero-order valence-electron chi connectivity index (χ0n) is 9.63. The lowest BCUT2D eigenvalue weighted by molar-refractivity contribution is 0.250. The third-order valence-electron chi connectivity index (χ3n) is 2.26. The van der Waals surface area contributed by atoms with Gasteiger partial charge in [-0.15, -0.1) is 11.3 Å². The number of aliphatic hydroxyl groups is 1. The van der Waals surface area contributed by atoms with E-state index in [0.29, 0.717) is 5.92 Å². The minimum absolute atomic E-state index is 0.235. The first-order valence-corrected chi connectivity index (χ1v) is 7.50. The lowest BCUT2D eigenvalue weighted by Gasteiger charge is -2.04. The van der Waals surface area contributed by atoms with Crippen LogP contribution in [0, 0.1) is 5.92 Å². The van der Waals surface area contributed by atoms with Gasteiger partial charge in [0.05, 0.1) is 16.8 Å². The highest BCUT2D eigenvalue weighted by atomic mass is 32.2. The van der Waals surface area contributed by atoms with Crippen molar-refractivity contribution in [3.63, 3.8) is 0 Å². The fraction of sp³-hybridized carbons (Fsp3) is 0.417. The van der Waals surface area contributed by atoms with E-state index in [0.717, 1.165) is 28.0 Å². The number of hydrogen-bond acceptors (Lipinski definition) is 5. The summed E-state index contributed by atoms with van der Waals surface area (Å²) in [6.07, 6.45) is 1.77. The van der Waals surface area contributed by atoms with Crippen LogP contribution in [0.2, 0.25) is 0 Å². The van der Waals surface area contributed by atoms with Crippen LogP contribution in [0.25, 0.3) is 10.6 Å². The Kier molecular flexibility index (Phi) is 4.65. The maximum Gasteiger partial charge on any atom is 0.204 e. The van der Waals surface area contributed by atoms with Gasteiger partial charge in [-0.3, -0.25) is 0 Å². The van der Waals surface area contributed by atoms with Gasteiger partial charge in [0.15, 0.2) is 5.76 Å². The molecule has 0 saturated heterocycles. The zero-order chi connectivity index (χ0) is 12.1. The van der Waals surface area contributed by atoms with Gasteiger partial charge in [-0.05, 0) is 23.1 Å². The predicted octanol–water partition coefficient (Wildman–Crippen LogP) is 3.26. The number of thioether (sulfide) groups is 1. The molecule has 0 aliphatic rings. The topological polar surface area (TPSA) is 46.3 Å². The van der Waals surface area contributed by atoms with Crippen LogP contribution in [0.4, 0.5) is 0 Å². The van der Waals surface area contributed by atoms with Gasteiger partial charge in [0.25, 0.3) is 0 Å². The van der Waals surface area contributed by atoms with Crippen molar-refractivity contribution in [3.05, 3.63) is 29.6 Å². The summed E-state index contributed by atoms with van der Waals surface area (Å²) in [5.74, 6) is 3.60. The fourth-order valence-corrected chi connectivity index (χ4v) is 2.91. The summed E-state index contributed by atoms with van der Waals surface area (Å²) in [6, 6.07) is 4.02. The van der Waals surface area contributed by atoms with Crippen LogP contribution in [0.5, 0.6) is 0 Å². The van der Waals surface area contributed by atoms with Crippen LogP contribution in [0.1, 0.15) is 12.8 Å². The molecule has 2 aromatic heterocycles. The number of oxazole rings is 1. The predicted molar refractivity (Wildman–Crippen MR) is 72.2 cm³/mol. The Morgan fingerprint density at radius 1 is 1.59 bits per heavy atom. The van der Waals surface area contributed by atoms with Crippen molar-refractivity contribution in [2.75, 3.05) is 12.4 Å². The number of rotatable bonds is 6. The molecule has 92 valence electrons. The van der Waals surface area contributed by atoms with Crippen molar-refractivity contribution >= 4 is 23.1 Å². The molecule has 0 saturated carbocycles. The number of aromatic nitrogens is 1. The average molecular weight is 269 g/mol. The Labute approximate surface area is 109 Å². The molecule has 2 heterocycles. The molecular formula is C12H15NO2S2. The molecule has 5 heteroatoms. The first-order valence-electron chi connectivity index (χ1n) is 5.46. The van der Waals surface area contributed by atoms with Gasteiger partial charge in [0.1, 0.15) is 0 Å². The zero-order valence-corrected chi connectivity index (χ0v) is 11.3. The Bertz CT molecular complexity index is 439. The molecule has 1 N–H and O–H groups in total. The molecule has 0 aliphatic carbocycles. The maximum atomic E-state index is 8.91. The van der Waals surface area contributed by atoms with E-state index in [1.54, 1.807) is 29.3 Å². The number of aliphatic hydroxyl groups excluding tert-OH is 1. The normalized spacial score (nSPS) is 12.8. The van der Waals surface area contributed by atoms with Gasteiger partial charge in [-0.2, -0.15) is 11.8 Å². The Hall–Kier alpha value is -0.780. The van der Waals surface area contributed by atoms with Crippen LogP contribution in [-0.2, 0) is 5.75 Å². The summed E-state index contributed by atoms with van der Waals surface area (Å²) in [7, 11) is 0. The van der Waals surface area contributed by atoms with E-state index in [-0.39, 0.29) is 6.61 Å². The molecule has 0 fully saturated rings. The van der Waals surface area contributed by atoms with Gasteiger partial charge in [-0.25, -0.2) is 4.98 Å². The lowest BCUT2D eigenvalue weighted by Crippen LogP contribution is -2.03. The molecule has 1 unspecified atom stereocenters. The van der Waals surface area contributed by atoms with Crippen molar-refractivity contribution in [1.29, 1.82) is 0 Å². The van der Waals surface area contributed by atoms with Gasteiger partial charge < -0.3 is 9.52 Å². The van der Waals surface area contributed by atoms with E-state index in [1.165, 1.54) is 0 Å². The van der Waals surface area contributed by atoms with E-state index in [2.05, 4.69) is 4.98 Å². The van der Waals surface area contributed by atoms with Crippen LogP contribution < -0.4 is 0 Å². The summed E-state index contributed by atoms with van der Waals surface area (Å²) in [5.41, 5.74) is 0. The monoisotopic (exact) mass is 269 g/mol. The van der Waals surface area contributed by atoms with Gasteiger partial charge in [-0.1, -0.05) is 13.0 Å². The Balaban J connectivity index is 1.87. The van der Waals surface area contributed by atoms with Gasteiger partial charge in [0.2, 0.25) is 5.89 Å². The molecule has 0 amide bonds. The summed E-state index contributed by atoms with van der Waals surface area (Å²) in [4.78, 5) is 5.36. The number of thiophene rings is 1. The Morgan fingerprint density at radius 3 is 3.18 bits per heavy atom. The quantitative estimate of drug-likeness (QED) is 0.874. The minimum Gasteiger partial charge on any atom is -0.439 e. The fourth-order valence-electron chi connectivity index (χ4n) is 1.31. The number of hydrogen-bond donors (Lipinski definition) is 1. The van der Waals surface area contributed by atoms with Crippen molar-refractivity contribution in [3.8, 4) is 10.6 Å². The van der Waals surface area contributed by atoms with E-state index < -0.39 is 0 Å². The standard InChI is InChI=1S/C12H15NO2S2/c1-9(6-14)7-16-8-12-13-5-10(15-12)11-3-2-4-17-11/h2-5,9,14H,6-8H2,1H3. The van der Waals surface area contributed by atoms with Crippen molar-refractivity contribution in [2.24, 2.45) is 5.92 Å². The van der Waals surface area contributed by atoms with Crippen molar-refractivity contribution < 1.29 is 9.52 Å². The summed E-state index contributed by atoms with van der Waals surface area (Å²) < 4.78 is 5.66.